The third-order valence-corrected chi connectivity index (χ3v) is 4.36. The number of anilines is 2. The van der Waals surface area contributed by atoms with Crippen molar-refractivity contribution in [1.29, 1.82) is 0 Å². The van der Waals surface area contributed by atoms with E-state index in [2.05, 4.69) is 26.9 Å². The maximum Gasteiger partial charge on any atom is 0.250 e. The number of nitrogen functional groups attached to an aromatic ring is 1. The normalized spacial score (nSPS) is 13.9. The van der Waals surface area contributed by atoms with Gasteiger partial charge in [0.05, 0.1) is 11.3 Å². The van der Waals surface area contributed by atoms with Gasteiger partial charge in [-0.05, 0) is 41.8 Å². The number of hydrogen-bond donors (Lipinski definition) is 2. The summed E-state index contributed by atoms with van der Waals surface area (Å²) in [6, 6.07) is 11.5. The molecule has 1 heterocycles. The second-order valence-electron chi connectivity index (χ2n) is 5.18. The van der Waals surface area contributed by atoms with Crippen LogP contribution in [0.4, 0.5) is 11.4 Å². The quantitative estimate of drug-likeness (QED) is 0.822. The first-order chi connectivity index (χ1) is 10.1. The smallest absolute Gasteiger partial charge is 0.250 e. The zero-order valence-electron chi connectivity index (χ0n) is 11.5. The summed E-state index contributed by atoms with van der Waals surface area (Å²) in [7, 11) is 0. The van der Waals surface area contributed by atoms with Gasteiger partial charge < -0.3 is 16.4 Å². The summed E-state index contributed by atoms with van der Waals surface area (Å²) in [6.45, 7) is 1.55. The molecular weight excluding hydrogens is 330 g/mol. The number of nitrogens with two attached hydrogens (primary N) is 2. The summed E-state index contributed by atoms with van der Waals surface area (Å²) in [5, 5.41) is 0. The molecule has 1 aliphatic rings. The Morgan fingerprint density at radius 2 is 2.05 bits per heavy atom. The van der Waals surface area contributed by atoms with Gasteiger partial charge in [0.15, 0.2) is 0 Å². The fraction of sp³-hybridized carbons (Fsp3) is 0.188. The number of carbonyl (C=O) groups excluding carboxylic acids is 1. The van der Waals surface area contributed by atoms with E-state index in [1.54, 1.807) is 6.07 Å². The van der Waals surface area contributed by atoms with Crippen LogP contribution in [0.1, 0.15) is 21.5 Å². The van der Waals surface area contributed by atoms with Crippen molar-refractivity contribution in [2.75, 3.05) is 17.2 Å². The van der Waals surface area contributed by atoms with Gasteiger partial charge in [0.2, 0.25) is 0 Å². The van der Waals surface area contributed by atoms with Crippen molar-refractivity contribution >= 4 is 33.2 Å². The minimum atomic E-state index is -0.407. The second kappa shape index (κ2) is 5.41. The standard InChI is InChI=1S/C16H16BrN3O/c17-11-4-5-13(16(19)21)15(8-11)20-7-6-12-10(9-20)2-1-3-14(12)18/h1-5,8H,6-7,9,18H2,(H2,19,21). The number of fused-ring (bicyclic) bond motifs is 1. The van der Waals surface area contributed by atoms with E-state index < -0.39 is 5.91 Å². The van der Waals surface area contributed by atoms with Gasteiger partial charge in [-0.3, -0.25) is 4.79 Å². The van der Waals surface area contributed by atoms with Crippen LogP contribution < -0.4 is 16.4 Å². The zero-order chi connectivity index (χ0) is 15.0. The van der Waals surface area contributed by atoms with Crippen molar-refractivity contribution in [3.63, 3.8) is 0 Å². The Morgan fingerprint density at radius 1 is 1.24 bits per heavy atom. The SMILES string of the molecule is NC(=O)c1ccc(Br)cc1N1CCc2c(N)cccc2C1. The second-order valence-corrected chi connectivity index (χ2v) is 6.10. The summed E-state index contributed by atoms with van der Waals surface area (Å²) in [5.74, 6) is -0.407. The molecule has 0 atom stereocenters. The molecule has 2 aromatic carbocycles. The van der Waals surface area contributed by atoms with Gasteiger partial charge in [-0.1, -0.05) is 28.1 Å². The lowest BCUT2D eigenvalue weighted by atomic mass is 9.97. The zero-order valence-corrected chi connectivity index (χ0v) is 13.1. The van der Waals surface area contributed by atoms with Crippen molar-refractivity contribution in [2.45, 2.75) is 13.0 Å². The van der Waals surface area contributed by atoms with E-state index in [-0.39, 0.29) is 0 Å². The van der Waals surface area contributed by atoms with E-state index in [9.17, 15) is 4.79 Å². The fourth-order valence-corrected chi connectivity index (χ4v) is 3.17. The predicted molar refractivity (Wildman–Crippen MR) is 88.3 cm³/mol. The van der Waals surface area contributed by atoms with Gasteiger partial charge in [0.25, 0.3) is 5.91 Å². The van der Waals surface area contributed by atoms with Crippen molar-refractivity contribution in [1.82, 2.24) is 0 Å². The molecule has 21 heavy (non-hydrogen) atoms. The molecule has 5 heteroatoms. The lowest BCUT2D eigenvalue weighted by molar-refractivity contribution is 0.100. The molecule has 0 unspecified atom stereocenters. The molecule has 4 N–H and O–H groups in total. The van der Waals surface area contributed by atoms with Crippen LogP contribution in [-0.4, -0.2) is 12.5 Å². The van der Waals surface area contributed by atoms with Crippen LogP contribution >= 0.6 is 15.9 Å². The Kier molecular flexibility index (Phi) is 3.59. The van der Waals surface area contributed by atoms with Gasteiger partial charge in [-0.25, -0.2) is 0 Å². The fourth-order valence-electron chi connectivity index (χ4n) is 2.82. The molecule has 1 aliphatic heterocycles. The molecule has 0 fully saturated rings. The Hall–Kier alpha value is -2.01. The summed E-state index contributed by atoms with van der Waals surface area (Å²) in [5.41, 5.74) is 16.2. The number of nitrogens with zero attached hydrogens (tertiary/aromatic N) is 1. The van der Waals surface area contributed by atoms with Crippen molar-refractivity contribution in [3.05, 3.63) is 57.6 Å². The van der Waals surface area contributed by atoms with Crippen molar-refractivity contribution in [2.24, 2.45) is 5.73 Å². The largest absolute Gasteiger partial charge is 0.398 e. The number of halogens is 1. The first-order valence-electron chi connectivity index (χ1n) is 6.77. The maximum absolute atomic E-state index is 11.6. The van der Waals surface area contributed by atoms with Crippen LogP contribution in [-0.2, 0) is 13.0 Å². The Bertz CT molecular complexity index is 715. The first kappa shape index (κ1) is 13.9. The van der Waals surface area contributed by atoms with Crippen LogP contribution in [0.25, 0.3) is 0 Å². The number of primary amides is 1. The van der Waals surface area contributed by atoms with Gasteiger partial charge >= 0.3 is 0 Å². The van der Waals surface area contributed by atoms with Crippen LogP contribution in [0.3, 0.4) is 0 Å². The molecule has 3 rings (SSSR count). The van der Waals surface area contributed by atoms with Gasteiger partial charge in [-0.15, -0.1) is 0 Å². The van der Waals surface area contributed by atoms with Crippen LogP contribution in [0.15, 0.2) is 40.9 Å². The summed E-state index contributed by atoms with van der Waals surface area (Å²) in [6.07, 6.45) is 0.868. The summed E-state index contributed by atoms with van der Waals surface area (Å²) >= 11 is 3.46. The highest BCUT2D eigenvalue weighted by Crippen LogP contribution is 2.31. The molecular formula is C16H16BrN3O. The lowest BCUT2D eigenvalue weighted by Gasteiger charge is -2.32. The van der Waals surface area contributed by atoms with Crippen molar-refractivity contribution < 1.29 is 4.79 Å². The van der Waals surface area contributed by atoms with Gasteiger partial charge in [0, 0.05) is 23.2 Å². The topological polar surface area (TPSA) is 72.4 Å². The van der Waals surface area contributed by atoms with E-state index in [4.69, 9.17) is 11.5 Å². The third kappa shape index (κ3) is 2.61. The Balaban J connectivity index is 2.00. The van der Waals surface area contributed by atoms with Crippen LogP contribution in [0, 0.1) is 0 Å². The molecule has 0 aliphatic carbocycles. The number of rotatable bonds is 2. The minimum absolute atomic E-state index is 0.407. The number of carbonyl (C=O) groups is 1. The molecule has 108 valence electrons. The molecule has 1 amide bonds. The highest BCUT2D eigenvalue weighted by molar-refractivity contribution is 9.10. The minimum Gasteiger partial charge on any atom is -0.398 e. The van der Waals surface area contributed by atoms with Gasteiger partial charge in [0.1, 0.15) is 0 Å². The van der Waals surface area contributed by atoms with Crippen molar-refractivity contribution in [3.8, 4) is 0 Å². The van der Waals surface area contributed by atoms with E-state index >= 15 is 0 Å². The maximum atomic E-state index is 11.6. The molecule has 0 saturated heterocycles. The van der Waals surface area contributed by atoms with E-state index in [0.717, 1.165) is 35.4 Å². The number of amides is 1. The van der Waals surface area contributed by atoms with Crippen LogP contribution in [0.2, 0.25) is 0 Å². The third-order valence-electron chi connectivity index (χ3n) is 3.87. The van der Waals surface area contributed by atoms with E-state index in [1.165, 1.54) is 11.1 Å². The van der Waals surface area contributed by atoms with E-state index in [1.807, 2.05) is 24.3 Å². The van der Waals surface area contributed by atoms with Gasteiger partial charge in [-0.2, -0.15) is 0 Å². The summed E-state index contributed by atoms with van der Waals surface area (Å²) in [4.78, 5) is 13.8. The molecule has 0 aromatic heterocycles. The molecule has 0 radical (unpaired) electrons. The molecule has 0 bridgehead atoms. The molecule has 2 aromatic rings. The highest BCUT2D eigenvalue weighted by atomic mass is 79.9. The first-order valence-corrected chi connectivity index (χ1v) is 7.56. The average Bonchev–Trinajstić information content (AvgIpc) is 2.46. The Labute approximate surface area is 131 Å². The Morgan fingerprint density at radius 3 is 2.81 bits per heavy atom. The van der Waals surface area contributed by atoms with Crippen LogP contribution in [0.5, 0.6) is 0 Å². The number of benzene rings is 2. The molecule has 4 nitrogen and oxygen atoms in total. The lowest BCUT2D eigenvalue weighted by Crippen LogP contribution is -2.32. The van der Waals surface area contributed by atoms with E-state index in [0.29, 0.717) is 5.56 Å². The monoisotopic (exact) mass is 345 g/mol. The predicted octanol–water partition coefficient (Wildman–Crippen LogP) is 2.69. The summed E-state index contributed by atoms with van der Waals surface area (Å²) < 4.78 is 0.931. The highest BCUT2D eigenvalue weighted by Gasteiger charge is 2.21. The molecule has 0 spiro atoms. The average molecular weight is 346 g/mol. The number of hydrogen-bond acceptors (Lipinski definition) is 3. The molecule has 0 saturated carbocycles.